The van der Waals surface area contributed by atoms with Gasteiger partial charge < -0.3 is 19.8 Å². The average molecular weight is 512 g/mol. The van der Waals surface area contributed by atoms with Gasteiger partial charge in [-0.1, -0.05) is 11.6 Å². The molecular formula is C23H18ClF4N3O4. The topological polar surface area (TPSA) is 93.3 Å². The zero-order chi connectivity index (χ0) is 25.2. The lowest BCUT2D eigenvalue weighted by Gasteiger charge is -2.18. The molecule has 2 N–H and O–H groups in total. The molecular weight excluding hydrogens is 494 g/mol. The van der Waals surface area contributed by atoms with Crippen LogP contribution in [-0.2, 0) is 6.18 Å². The summed E-state index contributed by atoms with van der Waals surface area (Å²) >= 11 is 5.78. The number of ether oxygens (including phenoxy) is 2. The molecule has 1 saturated carbocycles. The SMILES string of the molecule is O=C(Nc1cc[nH]c(=O)c1)c1cc(Cl)c(C(F)(F)F)nc1Oc1ccc(F)cc1OC1CCCC1. The number of halogens is 5. The molecule has 1 aliphatic rings. The lowest BCUT2D eigenvalue weighted by molar-refractivity contribution is -0.141. The molecule has 0 saturated heterocycles. The fourth-order valence-electron chi connectivity index (χ4n) is 3.58. The Balaban J connectivity index is 1.74. The van der Waals surface area contributed by atoms with Crippen molar-refractivity contribution >= 4 is 23.2 Å². The van der Waals surface area contributed by atoms with Crippen LogP contribution >= 0.6 is 11.6 Å². The number of nitrogens with zero attached hydrogens (tertiary/aromatic N) is 1. The minimum atomic E-state index is -4.94. The lowest BCUT2D eigenvalue weighted by Crippen LogP contribution is -2.18. The van der Waals surface area contributed by atoms with Crippen LogP contribution in [0.25, 0.3) is 0 Å². The second-order valence-corrected chi connectivity index (χ2v) is 8.19. The molecule has 2 heterocycles. The molecule has 0 aliphatic heterocycles. The summed E-state index contributed by atoms with van der Waals surface area (Å²) in [5, 5.41) is 1.55. The number of aromatic nitrogens is 2. The third-order valence-corrected chi connectivity index (χ3v) is 5.48. The molecule has 184 valence electrons. The molecule has 4 rings (SSSR count). The first-order chi connectivity index (χ1) is 16.6. The van der Waals surface area contributed by atoms with Gasteiger partial charge in [-0.25, -0.2) is 9.37 Å². The Hall–Kier alpha value is -3.60. The predicted molar refractivity (Wildman–Crippen MR) is 119 cm³/mol. The van der Waals surface area contributed by atoms with Crippen LogP contribution in [0, 0.1) is 5.82 Å². The number of rotatable bonds is 6. The van der Waals surface area contributed by atoms with Gasteiger partial charge in [-0.05, 0) is 49.9 Å². The molecule has 12 heteroatoms. The standard InChI is InChI=1S/C23H18ClF4N3O4/c24-16-11-15(21(33)30-13-7-8-29-19(32)10-13)22(31-20(16)23(26,27)28)35-17-6-5-12(25)9-18(17)34-14-3-1-2-4-14/h5-11,14H,1-4H2,(H2,29,30,32,33). The van der Waals surface area contributed by atoms with Crippen molar-refractivity contribution in [2.45, 2.75) is 38.0 Å². The Kier molecular flexibility index (Phi) is 6.97. The number of amides is 1. The van der Waals surface area contributed by atoms with E-state index in [0.29, 0.717) is 0 Å². The maximum Gasteiger partial charge on any atom is 0.434 e. The molecule has 3 aromatic rings. The van der Waals surface area contributed by atoms with E-state index in [-0.39, 0.29) is 23.3 Å². The number of pyridine rings is 2. The molecule has 0 atom stereocenters. The van der Waals surface area contributed by atoms with Crippen molar-refractivity contribution < 1.29 is 31.8 Å². The summed E-state index contributed by atoms with van der Waals surface area (Å²) in [5.74, 6) is -2.48. The highest BCUT2D eigenvalue weighted by molar-refractivity contribution is 6.31. The second-order valence-electron chi connectivity index (χ2n) is 7.78. The molecule has 1 amide bonds. The van der Waals surface area contributed by atoms with Gasteiger partial charge in [0, 0.05) is 24.0 Å². The van der Waals surface area contributed by atoms with Crippen molar-refractivity contribution in [1.82, 2.24) is 9.97 Å². The van der Waals surface area contributed by atoms with Crippen LogP contribution in [0.2, 0.25) is 5.02 Å². The van der Waals surface area contributed by atoms with Crippen molar-refractivity contribution in [1.29, 1.82) is 0 Å². The Morgan fingerprint density at radius 1 is 1.11 bits per heavy atom. The number of benzene rings is 1. The van der Waals surface area contributed by atoms with Gasteiger partial charge >= 0.3 is 6.18 Å². The number of nitrogens with one attached hydrogen (secondary N) is 2. The second kappa shape index (κ2) is 9.95. The normalized spacial score (nSPS) is 14.1. The van der Waals surface area contributed by atoms with Gasteiger partial charge in [0.15, 0.2) is 17.2 Å². The molecule has 2 aromatic heterocycles. The number of hydrogen-bond donors (Lipinski definition) is 2. The van der Waals surface area contributed by atoms with E-state index in [1.54, 1.807) is 0 Å². The molecule has 1 aromatic carbocycles. The molecule has 35 heavy (non-hydrogen) atoms. The van der Waals surface area contributed by atoms with Crippen LogP contribution in [0.4, 0.5) is 23.2 Å². The maximum atomic E-state index is 13.9. The van der Waals surface area contributed by atoms with E-state index >= 15 is 0 Å². The third kappa shape index (κ3) is 5.91. The molecule has 7 nitrogen and oxygen atoms in total. The summed E-state index contributed by atoms with van der Waals surface area (Å²) in [4.78, 5) is 30.2. The van der Waals surface area contributed by atoms with Gasteiger partial charge in [0.1, 0.15) is 11.4 Å². The Morgan fingerprint density at radius 2 is 1.86 bits per heavy atom. The van der Waals surface area contributed by atoms with E-state index in [1.807, 2.05) is 0 Å². The Bertz CT molecular complexity index is 1310. The minimum Gasteiger partial charge on any atom is -0.486 e. The Morgan fingerprint density at radius 3 is 2.54 bits per heavy atom. The molecule has 0 unspecified atom stereocenters. The first kappa shape index (κ1) is 24.5. The Labute approximate surface area is 201 Å². The largest absolute Gasteiger partial charge is 0.486 e. The monoisotopic (exact) mass is 511 g/mol. The van der Waals surface area contributed by atoms with Gasteiger partial charge in [0.25, 0.3) is 5.91 Å². The fraction of sp³-hybridized carbons (Fsp3) is 0.261. The van der Waals surface area contributed by atoms with Gasteiger partial charge in [0.2, 0.25) is 11.4 Å². The molecule has 1 aliphatic carbocycles. The van der Waals surface area contributed by atoms with E-state index in [4.69, 9.17) is 21.1 Å². The zero-order valence-electron chi connectivity index (χ0n) is 17.9. The van der Waals surface area contributed by atoms with Crippen molar-refractivity contribution in [3.8, 4) is 17.4 Å². The fourth-order valence-corrected chi connectivity index (χ4v) is 3.84. The lowest BCUT2D eigenvalue weighted by atomic mass is 10.2. The third-order valence-electron chi connectivity index (χ3n) is 5.20. The quantitative estimate of drug-likeness (QED) is 0.399. The van der Waals surface area contributed by atoms with Crippen LogP contribution in [0.15, 0.2) is 47.4 Å². The van der Waals surface area contributed by atoms with Crippen LogP contribution in [0.3, 0.4) is 0 Å². The van der Waals surface area contributed by atoms with Crippen molar-refractivity contribution in [2.75, 3.05) is 5.32 Å². The maximum absolute atomic E-state index is 13.9. The summed E-state index contributed by atoms with van der Waals surface area (Å²) in [6.45, 7) is 0. The molecule has 0 radical (unpaired) electrons. The summed E-state index contributed by atoms with van der Waals surface area (Å²) in [6, 6.07) is 6.45. The van der Waals surface area contributed by atoms with Crippen LogP contribution in [0.5, 0.6) is 17.4 Å². The van der Waals surface area contributed by atoms with Crippen LogP contribution in [0.1, 0.15) is 41.7 Å². The number of alkyl halides is 3. The highest BCUT2D eigenvalue weighted by atomic mass is 35.5. The molecule has 1 fully saturated rings. The smallest absolute Gasteiger partial charge is 0.434 e. The van der Waals surface area contributed by atoms with Crippen LogP contribution < -0.4 is 20.3 Å². The minimum absolute atomic E-state index is 0.0387. The van der Waals surface area contributed by atoms with Crippen molar-refractivity contribution in [3.63, 3.8) is 0 Å². The van der Waals surface area contributed by atoms with Crippen molar-refractivity contribution in [3.05, 3.63) is 75.0 Å². The number of H-pyrrole nitrogens is 1. The van der Waals surface area contributed by atoms with E-state index in [0.717, 1.165) is 49.9 Å². The summed E-state index contributed by atoms with van der Waals surface area (Å²) in [6.07, 6.45) is -0.551. The first-order valence-corrected chi connectivity index (χ1v) is 10.9. The van der Waals surface area contributed by atoms with E-state index in [9.17, 15) is 27.2 Å². The first-order valence-electron chi connectivity index (χ1n) is 10.5. The molecule has 0 bridgehead atoms. The van der Waals surface area contributed by atoms with Gasteiger partial charge in [-0.2, -0.15) is 13.2 Å². The average Bonchev–Trinajstić information content (AvgIpc) is 3.28. The van der Waals surface area contributed by atoms with Crippen molar-refractivity contribution in [2.24, 2.45) is 0 Å². The number of aromatic amines is 1. The van der Waals surface area contributed by atoms with E-state index < -0.39 is 45.6 Å². The zero-order valence-corrected chi connectivity index (χ0v) is 18.7. The number of hydrogen-bond acceptors (Lipinski definition) is 5. The van der Waals surface area contributed by atoms with E-state index in [1.165, 1.54) is 18.3 Å². The summed E-state index contributed by atoms with van der Waals surface area (Å²) in [7, 11) is 0. The summed E-state index contributed by atoms with van der Waals surface area (Å²) in [5.41, 5.74) is -2.35. The predicted octanol–water partition coefficient (Wildman–Crippen LogP) is 5.95. The van der Waals surface area contributed by atoms with Gasteiger partial charge in [0.05, 0.1) is 11.1 Å². The van der Waals surface area contributed by atoms with Gasteiger partial charge in [-0.3, -0.25) is 9.59 Å². The van der Waals surface area contributed by atoms with E-state index in [2.05, 4.69) is 15.3 Å². The number of carbonyl (C=O) groups is 1. The highest BCUT2D eigenvalue weighted by Crippen LogP contribution is 2.40. The van der Waals surface area contributed by atoms with Crippen LogP contribution in [-0.4, -0.2) is 22.0 Å². The summed E-state index contributed by atoms with van der Waals surface area (Å²) < 4.78 is 65.7. The molecule has 0 spiro atoms. The highest BCUT2D eigenvalue weighted by Gasteiger charge is 2.37. The number of anilines is 1. The number of carbonyl (C=O) groups excluding carboxylic acids is 1. The van der Waals surface area contributed by atoms with Gasteiger partial charge in [-0.15, -0.1) is 0 Å².